The fourth-order valence-corrected chi connectivity index (χ4v) is 3.21. The van der Waals surface area contributed by atoms with E-state index in [9.17, 15) is 0 Å². The summed E-state index contributed by atoms with van der Waals surface area (Å²) >= 11 is 7.67. The summed E-state index contributed by atoms with van der Waals surface area (Å²) in [4.78, 5) is 5.58. The summed E-state index contributed by atoms with van der Waals surface area (Å²) in [5.41, 5.74) is 2.36. The van der Waals surface area contributed by atoms with Crippen LogP contribution in [0.25, 0.3) is 0 Å². The smallest absolute Gasteiger partial charge is 0.0931 e. The standard InChI is InChI=1S/C15H19ClN2S/c1-3-7-18-14(10-13-4-5-15(16)19-13)12-6-8-17-11(2)9-12/h4-6,8-9,14,18H,3,7,10H2,1-2H3. The number of nitrogens with one attached hydrogen (secondary N) is 1. The molecular weight excluding hydrogens is 276 g/mol. The molecule has 1 N–H and O–H groups in total. The number of halogens is 1. The molecule has 1 atom stereocenters. The number of aryl methyl sites for hydroxylation is 1. The molecule has 0 bridgehead atoms. The molecule has 2 heterocycles. The van der Waals surface area contributed by atoms with Crippen molar-refractivity contribution < 1.29 is 0 Å². The number of thiophene rings is 1. The third-order valence-corrected chi connectivity index (χ3v) is 4.25. The summed E-state index contributed by atoms with van der Waals surface area (Å²) < 4.78 is 0.857. The molecule has 2 rings (SSSR count). The van der Waals surface area contributed by atoms with Crippen molar-refractivity contribution in [2.75, 3.05) is 6.54 Å². The van der Waals surface area contributed by atoms with Crippen LogP contribution in [0.4, 0.5) is 0 Å². The molecule has 0 fully saturated rings. The maximum absolute atomic E-state index is 6.01. The molecule has 0 aliphatic heterocycles. The summed E-state index contributed by atoms with van der Waals surface area (Å²) in [5, 5.41) is 3.61. The fourth-order valence-electron chi connectivity index (χ4n) is 2.07. The van der Waals surface area contributed by atoms with E-state index in [0.29, 0.717) is 6.04 Å². The van der Waals surface area contributed by atoms with Crippen LogP contribution >= 0.6 is 22.9 Å². The van der Waals surface area contributed by atoms with Gasteiger partial charge in [-0.2, -0.15) is 0 Å². The Morgan fingerprint density at radius 1 is 1.37 bits per heavy atom. The van der Waals surface area contributed by atoms with Gasteiger partial charge in [0.15, 0.2) is 0 Å². The van der Waals surface area contributed by atoms with Crippen molar-refractivity contribution in [2.45, 2.75) is 32.7 Å². The van der Waals surface area contributed by atoms with Gasteiger partial charge in [0.05, 0.1) is 4.34 Å². The highest BCUT2D eigenvalue weighted by molar-refractivity contribution is 7.16. The highest BCUT2D eigenvalue weighted by Gasteiger charge is 2.13. The van der Waals surface area contributed by atoms with E-state index in [1.165, 1.54) is 10.4 Å². The number of hydrogen-bond acceptors (Lipinski definition) is 3. The predicted octanol–water partition coefficient (Wildman–Crippen LogP) is 4.39. The summed E-state index contributed by atoms with van der Waals surface area (Å²) in [5.74, 6) is 0. The predicted molar refractivity (Wildman–Crippen MR) is 83.0 cm³/mol. The van der Waals surface area contributed by atoms with Crippen LogP contribution in [0, 0.1) is 6.92 Å². The topological polar surface area (TPSA) is 24.9 Å². The summed E-state index contributed by atoms with van der Waals surface area (Å²) in [6, 6.07) is 8.66. The van der Waals surface area contributed by atoms with Gasteiger partial charge in [-0.05, 0) is 49.7 Å². The molecule has 102 valence electrons. The van der Waals surface area contributed by atoms with E-state index >= 15 is 0 Å². The normalized spacial score (nSPS) is 12.6. The molecule has 1 unspecified atom stereocenters. The minimum atomic E-state index is 0.330. The van der Waals surface area contributed by atoms with Gasteiger partial charge in [-0.1, -0.05) is 18.5 Å². The van der Waals surface area contributed by atoms with Gasteiger partial charge in [0.1, 0.15) is 0 Å². The van der Waals surface area contributed by atoms with Crippen molar-refractivity contribution >= 4 is 22.9 Å². The molecule has 0 spiro atoms. The monoisotopic (exact) mass is 294 g/mol. The lowest BCUT2D eigenvalue weighted by Gasteiger charge is -2.18. The van der Waals surface area contributed by atoms with E-state index in [1.54, 1.807) is 11.3 Å². The van der Waals surface area contributed by atoms with Crippen LogP contribution in [0.15, 0.2) is 30.5 Å². The van der Waals surface area contributed by atoms with E-state index in [0.717, 1.165) is 29.4 Å². The van der Waals surface area contributed by atoms with Crippen molar-refractivity contribution in [1.82, 2.24) is 10.3 Å². The highest BCUT2D eigenvalue weighted by atomic mass is 35.5. The summed E-state index contributed by atoms with van der Waals surface area (Å²) in [7, 11) is 0. The second-order valence-electron chi connectivity index (χ2n) is 4.65. The zero-order valence-corrected chi connectivity index (χ0v) is 12.9. The summed E-state index contributed by atoms with van der Waals surface area (Å²) in [6.07, 6.45) is 3.99. The Morgan fingerprint density at radius 2 is 2.21 bits per heavy atom. The number of pyridine rings is 1. The van der Waals surface area contributed by atoms with E-state index in [4.69, 9.17) is 11.6 Å². The van der Waals surface area contributed by atoms with Crippen molar-refractivity contribution in [3.63, 3.8) is 0 Å². The Hall–Kier alpha value is -0.900. The molecular formula is C15H19ClN2S. The molecule has 0 aromatic carbocycles. The molecule has 2 aromatic rings. The van der Waals surface area contributed by atoms with Crippen LogP contribution in [-0.2, 0) is 6.42 Å². The van der Waals surface area contributed by atoms with E-state index in [-0.39, 0.29) is 0 Å². The number of hydrogen-bond donors (Lipinski definition) is 1. The third kappa shape index (κ3) is 4.30. The molecule has 19 heavy (non-hydrogen) atoms. The van der Waals surface area contributed by atoms with Gasteiger partial charge in [0, 0.05) is 29.2 Å². The Bertz CT molecular complexity index is 524. The van der Waals surface area contributed by atoms with Crippen molar-refractivity contribution in [3.05, 3.63) is 50.9 Å². The molecule has 2 nitrogen and oxygen atoms in total. The lowest BCUT2D eigenvalue weighted by molar-refractivity contribution is 0.531. The molecule has 0 aliphatic rings. The van der Waals surface area contributed by atoms with Gasteiger partial charge < -0.3 is 5.32 Å². The summed E-state index contributed by atoms with van der Waals surface area (Å²) in [6.45, 7) is 5.23. The zero-order valence-electron chi connectivity index (χ0n) is 11.3. The van der Waals surface area contributed by atoms with Gasteiger partial charge in [0.2, 0.25) is 0 Å². The molecule has 0 amide bonds. The lowest BCUT2D eigenvalue weighted by atomic mass is 10.0. The fraction of sp³-hybridized carbons (Fsp3) is 0.400. The van der Waals surface area contributed by atoms with Crippen molar-refractivity contribution in [1.29, 1.82) is 0 Å². The third-order valence-electron chi connectivity index (χ3n) is 3.00. The zero-order chi connectivity index (χ0) is 13.7. The Labute approximate surface area is 123 Å². The van der Waals surface area contributed by atoms with Gasteiger partial charge in [-0.15, -0.1) is 11.3 Å². The van der Waals surface area contributed by atoms with Crippen molar-refractivity contribution in [3.8, 4) is 0 Å². The minimum absolute atomic E-state index is 0.330. The second-order valence-corrected chi connectivity index (χ2v) is 6.45. The van der Waals surface area contributed by atoms with E-state index < -0.39 is 0 Å². The minimum Gasteiger partial charge on any atom is -0.310 e. The lowest BCUT2D eigenvalue weighted by Crippen LogP contribution is -2.24. The molecule has 0 saturated heterocycles. The first kappa shape index (κ1) is 14.5. The van der Waals surface area contributed by atoms with Gasteiger partial charge in [-0.3, -0.25) is 4.98 Å². The first-order chi connectivity index (χ1) is 9.19. The number of rotatable bonds is 6. The van der Waals surface area contributed by atoms with Crippen molar-refractivity contribution in [2.24, 2.45) is 0 Å². The number of nitrogens with zero attached hydrogens (tertiary/aromatic N) is 1. The molecule has 2 aromatic heterocycles. The Kier molecular flexibility index (Phi) is 5.37. The maximum Gasteiger partial charge on any atom is 0.0931 e. The van der Waals surface area contributed by atoms with Crippen LogP contribution in [0.2, 0.25) is 4.34 Å². The van der Waals surface area contributed by atoms with Gasteiger partial charge in [-0.25, -0.2) is 0 Å². The molecule has 0 saturated carbocycles. The molecule has 0 radical (unpaired) electrons. The largest absolute Gasteiger partial charge is 0.310 e. The number of aromatic nitrogens is 1. The average molecular weight is 295 g/mol. The van der Waals surface area contributed by atoms with Crippen LogP contribution in [0.3, 0.4) is 0 Å². The maximum atomic E-state index is 6.01. The first-order valence-electron chi connectivity index (χ1n) is 6.59. The quantitative estimate of drug-likeness (QED) is 0.855. The van der Waals surface area contributed by atoms with Crippen LogP contribution in [-0.4, -0.2) is 11.5 Å². The SMILES string of the molecule is CCCNC(Cc1ccc(Cl)s1)c1ccnc(C)c1. The van der Waals surface area contributed by atoms with Gasteiger partial charge in [0.25, 0.3) is 0 Å². The second kappa shape index (κ2) is 7.04. The first-order valence-corrected chi connectivity index (χ1v) is 7.78. The Balaban J connectivity index is 2.15. The van der Waals surface area contributed by atoms with E-state index in [1.807, 2.05) is 19.2 Å². The Morgan fingerprint density at radius 3 is 2.84 bits per heavy atom. The van der Waals surface area contributed by atoms with Gasteiger partial charge >= 0.3 is 0 Å². The average Bonchev–Trinajstić information content (AvgIpc) is 2.80. The van der Waals surface area contributed by atoms with Crippen LogP contribution in [0.1, 0.15) is 35.5 Å². The molecule has 4 heteroatoms. The van der Waals surface area contributed by atoms with Crippen LogP contribution in [0.5, 0.6) is 0 Å². The van der Waals surface area contributed by atoms with E-state index in [2.05, 4.69) is 35.4 Å². The van der Waals surface area contributed by atoms with Crippen LogP contribution < -0.4 is 5.32 Å². The molecule has 0 aliphatic carbocycles. The highest BCUT2D eigenvalue weighted by Crippen LogP contribution is 2.26.